The molecule has 1 atom stereocenters. The fourth-order valence-corrected chi connectivity index (χ4v) is 2.02. The standard InChI is InChI=1S/C18H32N2/c1-14(17(2,3)4)20(8)16-11-9-15(10-12-16)13-19-18(5,6)7/h9-12,14,19H,13H2,1-8H3. The predicted molar refractivity (Wildman–Crippen MR) is 90.4 cm³/mol. The molecule has 0 amide bonds. The van der Waals surface area contributed by atoms with E-state index in [1.165, 1.54) is 11.3 Å². The minimum atomic E-state index is 0.163. The molecule has 2 heteroatoms. The van der Waals surface area contributed by atoms with Crippen LogP contribution in [0.1, 0.15) is 54.0 Å². The largest absolute Gasteiger partial charge is 0.371 e. The van der Waals surface area contributed by atoms with Crippen molar-refractivity contribution in [2.75, 3.05) is 11.9 Å². The molecule has 0 aliphatic heterocycles. The molecule has 0 bridgehead atoms. The molecule has 1 aromatic rings. The smallest absolute Gasteiger partial charge is 0.0366 e. The SMILES string of the molecule is CC(N(C)c1ccc(CNC(C)(C)C)cc1)C(C)(C)C. The van der Waals surface area contributed by atoms with Crippen molar-refractivity contribution in [2.45, 2.75) is 66.6 Å². The predicted octanol–water partition coefficient (Wildman–Crippen LogP) is 4.45. The summed E-state index contributed by atoms with van der Waals surface area (Å²) in [6.45, 7) is 16.7. The van der Waals surface area contributed by atoms with Gasteiger partial charge in [-0.1, -0.05) is 32.9 Å². The Labute approximate surface area is 125 Å². The molecule has 0 saturated carbocycles. The molecule has 0 aromatic heterocycles. The zero-order chi connectivity index (χ0) is 15.6. The second-order valence-corrected chi connectivity index (χ2v) is 7.92. The topological polar surface area (TPSA) is 15.3 Å². The molecule has 1 aromatic carbocycles. The first-order chi connectivity index (χ1) is 9.00. The lowest BCUT2D eigenvalue weighted by atomic mass is 9.87. The summed E-state index contributed by atoms with van der Waals surface area (Å²) in [5, 5.41) is 3.52. The van der Waals surface area contributed by atoms with Crippen LogP contribution in [0, 0.1) is 5.41 Å². The first-order valence-electron chi connectivity index (χ1n) is 7.57. The quantitative estimate of drug-likeness (QED) is 0.874. The van der Waals surface area contributed by atoms with Gasteiger partial charge in [0.15, 0.2) is 0 Å². The highest BCUT2D eigenvalue weighted by Gasteiger charge is 2.24. The summed E-state index contributed by atoms with van der Waals surface area (Å²) >= 11 is 0. The average Bonchev–Trinajstić information content (AvgIpc) is 2.33. The van der Waals surface area contributed by atoms with Crippen molar-refractivity contribution in [3.8, 4) is 0 Å². The Morgan fingerprint density at radius 3 is 1.90 bits per heavy atom. The van der Waals surface area contributed by atoms with Crippen LogP contribution in [0.4, 0.5) is 5.69 Å². The third-order valence-corrected chi connectivity index (χ3v) is 4.00. The summed E-state index contributed by atoms with van der Waals surface area (Å²) < 4.78 is 0. The number of nitrogens with zero attached hydrogens (tertiary/aromatic N) is 1. The Morgan fingerprint density at radius 1 is 1.00 bits per heavy atom. The summed E-state index contributed by atoms with van der Waals surface area (Å²) in [4.78, 5) is 2.36. The van der Waals surface area contributed by atoms with Crippen LogP contribution in [0.5, 0.6) is 0 Å². The lowest BCUT2D eigenvalue weighted by Crippen LogP contribution is -2.39. The maximum atomic E-state index is 3.52. The van der Waals surface area contributed by atoms with Gasteiger partial charge in [-0.3, -0.25) is 0 Å². The van der Waals surface area contributed by atoms with E-state index in [2.05, 4.69) is 90.0 Å². The van der Waals surface area contributed by atoms with Gasteiger partial charge in [0.2, 0.25) is 0 Å². The van der Waals surface area contributed by atoms with Crippen molar-refractivity contribution in [2.24, 2.45) is 5.41 Å². The molecule has 0 aliphatic rings. The second kappa shape index (κ2) is 6.17. The van der Waals surface area contributed by atoms with Gasteiger partial charge in [0.1, 0.15) is 0 Å². The van der Waals surface area contributed by atoms with Crippen molar-refractivity contribution in [3.05, 3.63) is 29.8 Å². The van der Waals surface area contributed by atoms with E-state index >= 15 is 0 Å². The normalized spacial score (nSPS) is 14.2. The molecule has 1 rings (SSSR count). The highest BCUT2D eigenvalue weighted by atomic mass is 15.1. The van der Waals surface area contributed by atoms with Gasteiger partial charge < -0.3 is 10.2 Å². The monoisotopic (exact) mass is 276 g/mol. The average molecular weight is 276 g/mol. The van der Waals surface area contributed by atoms with E-state index in [1.807, 2.05) is 0 Å². The van der Waals surface area contributed by atoms with E-state index in [1.54, 1.807) is 0 Å². The molecule has 1 unspecified atom stereocenters. The summed E-state index contributed by atoms with van der Waals surface area (Å²) in [5.41, 5.74) is 3.06. The number of nitrogens with one attached hydrogen (secondary N) is 1. The van der Waals surface area contributed by atoms with E-state index in [4.69, 9.17) is 0 Å². The molecule has 20 heavy (non-hydrogen) atoms. The Kier molecular flexibility index (Phi) is 5.26. The number of rotatable bonds is 4. The minimum absolute atomic E-state index is 0.163. The maximum Gasteiger partial charge on any atom is 0.0366 e. The third kappa shape index (κ3) is 5.16. The molecular formula is C18H32N2. The van der Waals surface area contributed by atoms with Gasteiger partial charge in [0.25, 0.3) is 0 Å². The molecule has 114 valence electrons. The number of hydrogen-bond acceptors (Lipinski definition) is 2. The van der Waals surface area contributed by atoms with Crippen molar-refractivity contribution in [1.82, 2.24) is 5.32 Å². The molecule has 0 spiro atoms. The molecule has 0 fully saturated rings. The van der Waals surface area contributed by atoms with Crippen LogP contribution in [-0.2, 0) is 6.54 Å². The van der Waals surface area contributed by atoms with Crippen LogP contribution in [0.25, 0.3) is 0 Å². The van der Waals surface area contributed by atoms with Gasteiger partial charge in [-0.25, -0.2) is 0 Å². The summed E-state index contributed by atoms with van der Waals surface area (Å²) in [7, 11) is 2.18. The van der Waals surface area contributed by atoms with Crippen LogP contribution in [0.3, 0.4) is 0 Å². The number of anilines is 1. The van der Waals surface area contributed by atoms with Gasteiger partial charge in [-0.2, -0.15) is 0 Å². The zero-order valence-electron chi connectivity index (χ0n) is 14.5. The number of hydrogen-bond donors (Lipinski definition) is 1. The fraction of sp³-hybridized carbons (Fsp3) is 0.667. The van der Waals surface area contributed by atoms with Crippen LogP contribution in [0.15, 0.2) is 24.3 Å². The van der Waals surface area contributed by atoms with E-state index in [9.17, 15) is 0 Å². The summed E-state index contributed by atoms with van der Waals surface area (Å²) in [6.07, 6.45) is 0. The molecule has 0 radical (unpaired) electrons. The Hall–Kier alpha value is -1.02. The van der Waals surface area contributed by atoms with Crippen LogP contribution in [0.2, 0.25) is 0 Å². The third-order valence-electron chi connectivity index (χ3n) is 4.00. The molecule has 2 nitrogen and oxygen atoms in total. The minimum Gasteiger partial charge on any atom is -0.371 e. The summed E-state index contributed by atoms with van der Waals surface area (Å²) in [6, 6.07) is 9.39. The number of benzene rings is 1. The second-order valence-electron chi connectivity index (χ2n) is 7.92. The van der Waals surface area contributed by atoms with Gasteiger partial charge in [-0.05, 0) is 50.8 Å². The Bertz CT molecular complexity index is 407. The van der Waals surface area contributed by atoms with Crippen molar-refractivity contribution >= 4 is 5.69 Å². The highest BCUT2D eigenvalue weighted by molar-refractivity contribution is 5.48. The van der Waals surface area contributed by atoms with Crippen LogP contribution >= 0.6 is 0 Å². The zero-order valence-corrected chi connectivity index (χ0v) is 14.5. The fourth-order valence-electron chi connectivity index (χ4n) is 2.02. The lowest BCUT2D eigenvalue weighted by molar-refractivity contribution is 0.330. The van der Waals surface area contributed by atoms with Crippen LogP contribution < -0.4 is 10.2 Å². The first-order valence-corrected chi connectivity index (χ1v) is 7.57. The van der Waals surface area contributed by atoms with E-state index in [0.29, 0.717) is 6.04 Å². The van der Waals surface area contributed by atoms with Crippen molar-refractivity contribution in [3.63, 3.8) is 0 Å². The maximum absolute atomic E-state index is 3.52. The van der Waals surface area contributed by atoms with Crippen LogP contribution in [-0.4, -0.2) is 18.6 Å². The summed E-state index contributed by atoms with van der Waals surface area (Å²) in [5.74, 6) is 0. The highest BCUT2D eigenvalue weighted by Crippen LogP contribution is 2.27. The van der Waals surface area contributed by atoms with Crippen molar-refractivity contribution in [1.29, 1.82) is 0 Å². The molecular weight excluding hydrogens is 244 g/mol. The first kappa shape index (κ1) is 17.0. The molecule has 0 heterocycles. The van der Waals surface area contributed by atoms with Gasteiger partial charge in [-0.15, -0.1) is 0 Å². The van der Waals surface area contributed by atoms with Gasteiger partial charge in [0, 0.05) is 30.9 Å². The lowest BCUT2D eigenvalue weighted by Gasteiger charge is -2.37. The van der Waals surface area contributed by atoms with Gasteiger partial charge >= 0.3 is 0 Å². The molecule has 1 N–H and O–H groups in total. The van der Waals surface area contributed by atoms with E-state index in [-0.39, 0.29) is 11.0 Å². The van der Waals surface area contributed by atoms with Crippen molar-refractivity contribution < 1.29 is 0 Å². The Morgan fingerprint density at radius 2 is 1.50 bits per heavy atom. The van der Waals surface area contributed by atoms with E-state index in [0.717, 1.165) is 6.54 Å². The molecule has 0 saturated heterocycles. The van der Waals surface area contributed by atoms with Gasteiger partial charge in [0.05, 0.1) is 0 Å². The molecule has 0 aliphatic carbocycles. The Balaban J connectivity index is 2.71. The van der Waals surface area contributed by atoms with E-state index < -0.39 is 0 Å².